The molecule has 142 valence electrons. The van der Waals surface area contributed by atoms with E-state index in [-0.39, 0.29) is 5.91 Å². The highest BCUT2D eigenvalue weighted by atomic mass is 32.2. The van der Waals surface area contributed by atoms with Crippen molar-refractivity contribution in [2.24, 2.45) is 0 Å². The van der Waals surface area contributed by atoms with Crippen LogP contribution in [0.15, 0.2) is 41.7 Å². The van der Waals surface area contributed by atoms with Crippen molar-refractivity contribution in [1.29, 1.82) is 0 Å². The minimum absolute atomic E-state index is 0.0899. The summed E-state index contributed by atoms with van der Waals surface area (Å²) in [6, 6.07) is 7.56. The smallest absolute Gasteiger partial charge is 0.252 e. The Morgan fingerprint density at radius 3 is 2.93 bits per heavy atom. The third-order valence-electron chi connectivity index (χ3n) is 3.99. The van der Waals surface area contributed by atoms with Crippen molar-refractivity contribution in [3.63, 3.8) is 0 Å². The minimum Gasteiger partial charge on any atom is -0.383 e. The molecule has 2 aromatic heterocycles. The maximum Gasteiger partial charge on any atom is 0.252 e. The number of thioether (sulfide) groups is 1. The van der Waals surface area contributed by atoms with Crippen molar-refractivity contribution in [3.8, 4) is 0 Å². The van der Waals surface area contributed by atoms with E-state index in [2.05, 4.69) is 25.7 Å². The van der Waals surface area contributed by atoms with Gasteiger partial charge in [0.15, 0.2) is 5.65 Å². The molecule has 0 aliphatic heterocycles. The Morgan fingerprint density at radius 2 is 2.11 bits per heavy atom. The van der Waals surface area contributed by atoms with Crippen molar-refractivity contribution in [2.75, 3.05) is 38.4 Å². The van der Waals surface area contributed by atoms with E-state index in [9.17, 15) is 4.79 Å². The summed E-state index contributed by atoms with van der Waals surface area (Å²) >= 11 is 1.56. The summed E-state index contributed by atoms with van der Waals surface area (Å²) in [5.41, 5.74) is 1.41. The number of rotatable bonds is 9. The maximum atomic E-state index is 12.4. The lowest BCUT2D eigenvalue weighted by Gasteiger charge is -2.09. The number of carbonyl (C=O) groups is 1. The summed E-state index contributed by atoms with van der Waals surface area (Å²) < 4.78 is 6.80. The van der Waals surface area contributed by atoms with Crippen molar-refractivity contribution >= 4 is 34.5 Å². The molecule has 2 heterocycles. The molecule has 0 spiro atoms. The minimum atomic E-state index is -0.0899. The fourth-order valence-electron chi connectivity index (χ4n) is 2.67. The van der Waals surface area contributed by atoms with E-state index in [0.29, 0.717) is 31.8 Å². The Kier molecular flexibility index (Phi) is 6.61. The summed E-state index contributed by atoms with van der Waals surface area (Å²) in [5.74, 6) is 0.634. The fourth-order valence-corrected chi connectivity index (χ4v) is 3.27. The molecule has 27 heavy (non-hydrogen) atoms. The molecule has 0 aliphatic rings. The molecule has 8 nitrogen and oxygen atoms in total. The van der Waals surface area contributed by atoms with Crippen LogP contribution in [0.3, 0.4) is 0 Å². The lowest BCUT2D eigenvalue weighted by Crippen LogP contribution is -2.28. The number of nitrogens with zero attached hydrogens (tertiary/aromatic N) is 4. The van der Waals surface area contributed by atoms with Gasteiger partial charge < -0.3 is 15.4 Å². The molecule has 0 unspecified atom stereocenters. The molecule has 1 amide bonds. The van der Waals surface area contributed by atoms with Crippen LogP contribution in [-0.4, -0.2) is 58.7 Å². The van der Waals surface area contributed by atoms with E-state index >= 15 is 0 Å². The van der Waals surface area contributed by atoms with E-state index in [1.165, 1.54) is 6.33 Å². The number of carbonyl (C=O) groups excluding carboxylic acids is 1. The Morgan fingerprint density at radius 1 is 1.26 bits per heavy atom. The lowest BCUT2D eigenvalue weighted by molar-refractivity contribution is 0.0949. The molecule has 0 saturated carbocycles. The number of ether oxygens (including phenoxy) is 1. The van der Waals surface area contributed by atoms with Gasteiger partial charge in [0.25, 0.3) is 5.91 Å². The average molecular weight is 386 g/mol. The zero-order valence-corrected chi connectivity index (χ0v) is 16.1. The average Bonchev–Trinajstić information content (AvgIpc) is 3.12. The van der Waals surface area contributed by atoms with Crippen molar-refractivity contribution < 1.29 is 9.53 Å². The van der Waals surface area contributed by atoms with Gasteiger partial charge in [-0.25, -0.2) is 14.6 Å². The van der Waals surface area contributed by atoms with Gasteiger partial charge in [-0.15, -0.1) is 11.8 Å². The summed E-state index contributed by atoms with van der Waals surface area (Å²) in [6.07, 6.45) is 5.19. The van der Waals surface area contributed by atoms with Gasteiger partial charge in [-0.1, -0.05) is 12.1 Å². The van der Waals surface area contributed by atoms with Crippen LogP contribution < -0.4 is 10.6 Å². The van der Waals surface area contributed by atoms with Crippen molar-refractivity contribution in [3.05, 3.63) is 42.4 Å². The van der Waals surface area contributed by atoms with Gasteiger partial charge in [-0.2, -0.15) is 5.10 Å². The van der Waals surface area contributed by atoms with Gasteiger partial charge >= 0.3 is 0 Å². The van der Waals surface area contributed by atoms with Crippen LogP contribution in [-0.2, 0) is 11.3 Å². The van der Waals surface area contributed by atoms with E-state index in [1.54, 1.807) is 29.8 Å². The molecule has 2 N–H and O–H groups in total. The zero-order valence-electron chi connectivity index (χ0n) is 15.3. The van der Waals surface area contributed by atoms with Crippen LogP contribution >= 0.6 is 11.8 Å². The number of amides is 1. The molecule has 0 radical (unpaired) electrons. The second-order valence-corrected chi connectivity index (χ2v) is 6.55. The number of benzene rings is 1. The Balaban J connectivity index is 1.64. The van der Waals surface area contributed by atoms with Crippen LogP contribution in [0.2, 0.25) is 0 Å². The highest BCUT2D eigenvalue weighted by Gasteiger charge is 2.12. The zero-order chi connectivity index (χ0) is 19.1. The largest absolute Gasteiger partial charge is 0.383 e. The highest BCUT2D eigenvalue weighted by molar-refractivity contribution is 7.98. The number of hydrogen-bond acceptors (Lipinski definition) is 7. The predicted molar refractivity (Wildman–Crippen MR) is 106 cm³/mol. The molecule has 0 saturated heterocycles. The number of hydrogen-bond donors (Lipinski definition) is 2. The van der Waals surface area contributed by atoms with Gasteiger partial charge in [-0.05, 0) is 18.4 Å². The van der Waals surface area contributed by atoms with Crippen LogP contribution in [0, 0.1) is 0 Å². The van der Waals surface area contributed by atoms with Gasteiger partial charge in [-0.3, -0.25) is 4.79 Å². The third kappa shape index (κ3) is 4.55. The van der Waals surface area contributed by atoms with E-state index < -0.39 is 0 Å². The number of aromatic nitrogens is 4. The summed E-state index contributed by atoms with van der Waals surface area (Å²) in [5, 5.41) is 11.4. The van der Waals surface area contributed by atoms with Gasteiger partial charge in [0.05, 0.1) is 30.3 Å². The van der Waals surface area contributed by atoms with Gasteiger partial charge in [0.2, 0.25) is 0 Å². The number of methoxy groups -OCH3 is 1. The predicted octanol–water partition coefficient (Wildman–Crippen LogP) is 2.04. The Hall–Kier alpha value is -2.65. The molecule has 3 rings (SSSR count). The SMILES string of the molecule is COCCNc1ncnc2c1cnn2CCNC(=O)c1ccccc1SC. The maximum absolute atomic E-state index is 12.4. The van der Waals surface area contributed by atoms with Gasteiger partial charge in [0.1, 0.15) is 12.1 Å². The normalized spacial score (nSPS) is 10.9. The lowest BCUT2D eigenvalue weighted by atomic mass is 10.2. The van der Waals surface area contributed by atoms with Gasteiger partial charge in [0, 0.05) is 25.1 Å². The molecule has 1 aromatic carbocycles. The Labute approximate surface area is 161 Å². The van der Waals surface area contributed by atoms with Crippen molar-refractivity contribution in [1.82, 2.24) is 25.1 Å². The molecule has 3 aromatic rings. The van der Waals surface area contributed by atoms with E-state index in [4.69, 9.17) is 4.74 Å². The molecule has 0 bridgehead atoms. The molecule has 9 heteroatoms. The number of fused-ring (bicyclic) bond motifs is 1. The van der Waals surface area contributed by atoms with Crippen molar-refractivity contribution in [2.45, 2.75) is 11.4 Å². The van der Waals surface area contributed by atoms with Crippen LogP contribution in [0.5, 0.6) is 0 Å². The van der Waals surface area contributed by atoms with Crippen LogP contribution in [0.4, 0.5) is 5.82 Å². The number of nitrogens with one attached hydrogen (secondary N) is 2. The topological polar surface area (TPSA) is 94.0 Å². The Bertz CT molecular complexity index is 914. The van der Waals surface area contributed by atoms with Crippen LogP contribution in [0.1, 0.15) is 10.4 Å². The first-order valence-corrected chi connectivity index (χ1v) is 9.77. The molecule has 0 atom stereocenters. The van der Waals surface area contributed by atoms with E-state index in [1.807, 2.05) is 30.5 Å². The second-order valence-electron chi connectivity index (χ2n) is 5.70. The molecule has 0 aliphatic carbocycles. The summed E-state index contributed by atoms with van der Waals surface area (Å²) in [6.45, 7) is 2.21. The first-order chi connectivity index (χ1) is 13.2. The number of anilines is 1. The summed E-state index contributed by atoms with van der Waals surface area (Å²) in [4.78, 5) is 21.9. The highest BCUT2D eigenvalue weighted by Crippen LogP contribution is 2.20. The molecular formula is C18H22N6O2S. The molecule has 0 fully saturated rings. The standard InChI is InChI=1S/C18H22N6O2S/c1-26-10-8-19-16-14-11-23-24(17(14)22-12-21-16)9-7-20-18(25)13-5-3-4-6-15(13)27-2/h3-6,11-12H,7-10H2,1-2H3,(H,20,25)(H,19,21,22). The fraction of sp³-hybridized carbons (Fsp3) is 0.333. The first kappa shape index (κ1) is 19.1. The first-order valence-electron chi connectivity index (χ1n) is 8.55. The monoisotopic (exact) mass is 386 g/mol. The summed E-state index contributed by atoms with van der Waals surface area (Å²) in [7, 11) is 1.65. The third-order valence-corrected chi connectivity index (χ3v) is 4.79. The quantitative estimate of drug-likeness (QED) is 0.429. The molecular weight excluding hydrogens is 364 g/mol. The second kappa shape index (κ2) is 9.33. The van der Waals surface area contributed by atoms with E-state index in [0.717, 1.165) is 21.7 Å². The van der Waals surface area contributed by atoms with Crippen LogP contribution in [0.25, 0.3) is 11.0 Å².